The van der Waals surface area contributed by atoms with Crippen molar-refractivity contribution in [1.29, 1.82) is 0 Å². The zero-order valence-corrected chi connectivity index (χ0v) is 16.9. The van der Waals surface area contributed by atoms with Gasteiger partial charge in [0.15, 0.2) is 0 Å². The van der Waals surface area contributed by atoms with E-state index < -0.39 is 11.0 Å². The summed E-state index contributed by atoms with van der Waals surface area (Å²) in [5, 5.41) is 3.61. The van der Waals surface area contributed by atoms with E-state index in [0.717, 1.165) is 43.4 Å². The summed E-state index contributed by atoms with van der Waals surface area (Å²) >= 11 is 0. The third-order valence-electron chi connectivity index (χ3n) is 4.61. The summed E-state index contributed by atoms with van der Waals surface area (Å²) in [4.78, 5) is 0. The summed E-state index contributed by atoms with van der Waals surface area (Å²) in [7, 11) is -0.974. The highest BCUT2D eigenvalue weighted by Crippen LogP contribution is 2.29. The minimum absolute atomic E-state index is 0.187. The topological polar surface area (TPSA) is 41.1 Å². The van der Waals surface area contributed by atoms with E-state index in [1.165, 1.54) is 17.2 Å². The summed E-state index contributed by atoms with van der Waals surface area (Å²) in [6, 6.07) is 6.73. The molecule has 2 atom stereocenters. The van der Waals surface area contributed by atoms with Gasteiger partial charge in [-0.1, -0.05) is 36.8 Å². The summed E-state index contributed by atoms with van der Waals surface area (Å²) in [5.41, 5.74) is 4.82. The molecule has 0 saturated carbocycles. The van der Waals surface area contributed by atoms with Gasteiger partial charge < -0.3 is 5.32 Å². The number of benzene rings is 1. The van der Waals surface area contributed by atoms with Gasteiger partial charge in [-0.05, 0) is 68.8 Å². The summed E-state index contributed by atoms with van der Waals surface area (Å²) in [6.45, 7) is 7.29. The number of hydrogen-bond donors (Lipinski definition) is 2. The Labute approximate surface area is 159 Å². The molecule has 3 nitrogen and oxygen atoms in total. The second kappa shape index (κ2) is 10.8. The van der Waals surface area contributed by atoms with Crippen molar-refractivity contribution >= 4 is 11.0 Å². The zero-order valence-electron chi connectivity index (χ0n) is 16.1. The first-order chi connectivity index (χ1) is 12.5. The van der Waals surface area contributed by atoms with Crippen molar-refractivity contribution in [1.82, 2.24) is 10.0 Å². The Morgan fingerprint density at radius 1 is 1.46 bits per heavy atom. The molecule has 1 aliphatic rings. The molecule has 2 N–H and O–H groups in total. The maximum Gasteiger partial charge on any atom is 0.118 e. The van der Waals surface area contributed by atoms with E-state index in [9.17, 15) is 8.60 Å². The van der Waals surface area contributed by atoms with Crippen molar-refractivity contribution in [2.24, 2.45) is 0 Å². The average molecular weight is 379 g/mol. The van der Waals surface area contributed by atoms with Crippen LogP contribution >= 0.6 is 0 Å². The van der Waals surface area contributed by atoms with Crippen molar-refractivity contribution in [3.05, 3.63) is 58.4 Å². The monoisotopic (exact) mass is 378 g/mol. The number of fused-ring (bicyclic) bond motifs is 1. The molecule has 0 radical (unpaired) electrons. The van der Waals surface area contributed by atoms with E-state index in [1.807, 2.05) is 13.8 Å². The van der Waals surface area contributed by atoms with Crippen LogP contribution in [0.3, 0.4) is 0 Å². The highest BCUT2D eigenvalue weighted by molar-refractivity contribution is 7.82. The van der Waals surface area contributed by atoms with Crippen LogP contribution in [0.2, 0.25) is 0 Å². The molecule has 0 saturated heterocycles. The molecular weight excluding hydrogens is 347 g/mol. The fraction of sp³-hybridized carbons (Fsp3) is 0.524. The minimum atomic E-state index is -0.974. The van der Waals surface area contributed by atoms with E-state index in [2.05, 4.69) is 28.2 Å². The normalized spacial score (nSPS) is 19.8. The van der Waals surface area contributed by atoms with Crippen molar-refractivity contribution in [3.8, 4) is 0 Å². The number of halogens is 1. The first kappa shape index (κ1) is 21.0. The number of rotatable bonds is 8. The number of aryl methyl sites for hydroxylation is 1. The van der Waals surface area contributed by atoms with Crippen LogP contribution in [0.15, 0.2) is 41.8 Å². The molecule has 1 aromatic carbocycles. The van der Waals surface area contributed by atoms with Gasteiger partial charge in [0.25, 0.3) is 0 Å². The summed E-state index contributed by atoms with van der Waals surface area (Å²) in [5.74, 6) is 0.489. The third kappa shape index (κ3) is 6.45. The lowest BCUT2D eigenvalue weighted by Gasteiger charge is -2.20. The molecule has 0 aliphatic carbocycles. The molecule has 0 fully saturated rings. The number of hydrogen-bond acceptors (Lipinski definition) is 2. The zero-order chi connectivity index (χ0) is 18.9. The largest absolute Gasteiger partial charge is 0.310 e. The van der Waals surface area contributed by atoms with E-state index >= 15 is 0 Å². The Morgan fingerprint density at radius 2 is 2.27 bits per heavy atom. The molecule has 5 heteroatoms. The molecule has 1 aliphatic heterocycles. The van der Waals surface area contributed by atoms with Gasteiger partial charge in [0.05, 0.1) is 11.0 Å². The lowest BCUT2D eigenvalue weighted by atomic mass is 9.93. The fourth-order valence-corrected chi connectivity index (χ4v) is 4.12. The van der Waals surface area contributed by atoms with E-state index in [-0.39, 0.29) is 11.9 Å². The molecule has 0 bridgehead atoms. The predicted octanol–water partition coefficient (Wildman–Crippen LogP) is 4.64. The Morgan fingerprint density at radius 3 is 3.00 bits per heavy atom. The second-order valence-corrected chi connectivity index (χ2v) is 8.27. The highest BCUT2D eigenvalue weighted by Gasteiger charge is 2.19. The van der Waals surface area contributed by atoms with Gasteiger partial charge in [0.1, 0.15) is 5.83 Å². The van der Waals surface area contributed by atoms with Crippen molar-refractivity contribution in [2.75, 3.05) is 12.3 Å². The molecule has 26 heavy (non-hydrogen) atoms. The first-order valence-corrected chi connectivity index (χ1v) is 10.8. The van der Waals surface area contributed by atoms with Crippen LogP contribution in [0.25, 0.3) is 0 Å². The van der Waals surface area contributed by atoms with Gasteiger partial charge in [-0.25, -0.2) is 13.3 Å². The Balaban J connectivity index is 2.17. The van der Waals surface area contributed by atoms with Gasteiger partial charge in [-0.15, -0.1) is 0 Å². The smallest absolute Gasteiger partial charge is 0.118 e. The molecule has 2 rings (SSSR count). The molecule has 1 heterocycles. The first-order valence-electron chi connectivity index (χ1n) is 9.49. The number of nitrogens with one attached hydrogen (secondary N) is 2. The molecule has 0 amide bonds. The van der Waals surface area contributed by atoms with Crippen molar-refractivity contribution < 1.29 is 8.60 Å². The number of allylic oxidation sites excluding steroid dienone is 3. The van der Waals surface area contributed by atoms with Crippen LogP contribution in [0.4, 0.5) is 4.39 Å². The van der Waals surface area contributed by atoms with Crippen LogP contribution in [0.5, 0.6) is 0 Å². The lowest BCUT2D eigenvalue weighted by molar-refractivity contribution is 0.536. The van der Waals surface area contributed by atoms with E-state index in [1.54, 1.807) is 13.0 Å². The maximum absolute atomic E-state index is 13.5. The second-order valence-electron chi connectivity index (χ2n) is 6.88. The van der Waals surface area contributed by atoms with Crippen LogP contribution in [-0.2, 0) is 24.0 Å². The van der Waals surface area contributed by atoms with Gasteiger partial charge >= 0.3 is 0 Å². The predicted molar refractivity (Wildman–Crippen MR) is 109 cm³/mol. The van der Waals surface area contributed by atoms with E-state index in [4.69, 9.17) is 0 Å². The van der Waals surface area contributed by atoms with E-state index in [0.29, 0.717) is 12.3 Å². The lowest BCUT2D eigenvalue weighted by Crippen LogP contribution is -2.22. The van der Waals surface area contributed by atoms with Gasteiger partial charge in [0, 0.05) is 18.3 Å². The van der Waals surface area contributed by atoms with Crippen LogP contribution in [-0.4, -0.2) is 16.5 Å². The maximum atomic E-state index is 13.5. The Bertz CT molecular complexity index is 685. The van der Waals surface area contributed by atoms with Crippen LogP contribution in [0.1, 0.15) is 62.8 Å². The molecule has 0 aromatic heterocycles. The highest BCUT2D eigenvalue weighted by atomic mass is 32.2. The Hall–Kier alpha value is -1.30. The minimum Gasteiger partial charge on any atom is -0.310 e. The molecule has 2 unspecified atom stereocenters. The molecule has 144 valence electrons. The van der Waals surface area contributed by atoms with Gasteiger partial charge in [0.2, 0.25) is 0 Å². The third-order valence-corrected chi connectivity index (χ3v) is 5.86. The van der Waals surface area contributed by atoms with Gasteiger partial charge in [-0.3, -0.25) is 0 Å². The molecular formula is C21H31FN2OS. The molecule has 1 aromatic rings. The Kier molecular flexibility index (Phi) is 8.69. The van der Waals surface area contributed by atoms with Crippen molar-refractivity contribution in [3.63, 3.8) is 0 Å². The fourth-order valence-electron chi connectivity index (χ4n) is 3.27. The standard InChI is InChI=1S/C21H31FN2OS/c1-4-11-26(25)24-15-17-8-9-18-7-6-10-23-21(20(18)14-17)13-16(3)12-19(22)5-2/h5,8-9,12,14,21,23-24H,4,6-7,10-11,13,15H2,1-3H3. The average Bonchev–Trinajstić information content (AvgIpc) is 2.82. The van der Waals surface area contributed by atoms with Crippen molar-refractivity contribution in [2.45, 2.75) is 59.0 Å². The van der Waals surface area contributed by atoms with Crippen LogP contribution in [0, 0.1) is 0 Å². The quantitative estimate of drug-likeness (QED) is 0.647. The van der Waals surface area contributed by atoms with Crippen LogP contribution < -0.4 is 10.0 Å². The SMILES string of the molecule is CC=C(F)C=C(C)CC1NCCCc2ccc(CNS(=O)CCC)cc21. The summed E-state index contributed by atoms with van der Waals surface area (Å²) in [6.07, 6.45) is 6.95. The summed E-state index contributed by atoms with van der Waals surface area (Å²) < 4.78 is 28.5. The van der Waals surface area contributed by atoms with Gasteiger partial charge in [-0.2, -0.15) is 0 Å². The molecule has 0 spiro atoms.